The topological polar surface area (TPSA) is 67.2 Å². The van der Waals surface area contributed by atoms with Crippen LogP contribution in [0, 0.1) is 0 Å². The van der Waals surface area contributed by atoms with E-state index in [0.717, 1.165) is 17.4 Å². The Balaban J connectivity index is 1.73. The predicted molar refractivity (Wildman–Crippen MR) is 108 cm³/mol. The molecular formula is C19H14F3N3OS2. The van der Waals surface area contributed by atoms with E-state index in [4.69, 9.17) is 5.73 Å². The van der Waals surface area contributed by atoms with Crippen LogP contribution in [-0.2, 0) is 0 Å². The molecule has 0 spiro atoms. The van der Waals surface area contributed by atoms with Crippen LogP contribution in [0.3, 0.4) is 0 Å². The smallest absolute Gasteiger partial charge is 0.397 e. The Morgan fingerprint density at radius 1 is 1.14 bits per heavy atom. The van der Waals surface area contributed by atoms with Crippen molar-refractivity contribution in [2.24, 2.45) is 0 Å². The number of para-hydroxylation sites is 1. The molecule has 4 rings (SSSR count). The summed E-state index contributed by atoms with van der Waals surface area (Å²) in [4.78, 5) is 13.3. The van der Waals surface area contributed by atoms with Crippen LogP contribution in [0.15, 0.2) is 53.9 Å². The van der Waals surface area contributed by atoms with E-state index in [-0.39, 0.29) is 21.1 Å². The molecule has 1 amide bonds. The third kappa shape index (κ3) is 3.38. The largest absolute Gasteiger partial charge is 0.399 e. The number of nitrogen functional groups attached to an aromatic ring is 1. The summed E-state index contributed by atoms with van der Waals surface area (Å²) in [7, 11) is 0. The lowest BCUT2D eigenvalue weighted by Crippen LogP contribution is -2.24. The monoisotopic (exact) mass is 421 g/mol. The Morgan fingerprint density at radius 3 is 2.54 bits per heavy atom. The summed E-state index contributed by atoms with van der Waals surface area (Å²) < 4.78 is 41.3. The SMILES string of the molecule is Nc1c(C(=O)Nc2ccccc2)sc2c1C(C(F)(F)F)C=C(c1cccs1)N2. The normalized spacial score (nSPS) is 16.1. The van der Waals surface area contributed by atoms with Crippen molar-refractivity contribution in [2.45, 2.75) is 12.1 Å². The number of anilines is 3. The van der Waals surface area contributed by atoms with Crippen LogP contribution in [0.1, 0.15) is 26.0 Å². The van der Waals surface area contributed by atoms with E-state index in [0.29, 0.717) is 16.3 Å². The van der Waals surface area contributed by atoms with Crippen LogP contribution >= 0.6 is 22.7 Å². The van der Waals surface area contributed by atoms with Crippen molar-refractivity contribution in [3.05, 3.63) is 69.2 Å². The second kappa shape index (κ2) is 6.99. The number of carbonyl (C=O) groups is 1. The molecule has 0 saturated heterocycles. The molecule has 0 fully saturated rings. The molecule has 9 heteroatoms. The molecule has 144 valence electrons. The van der Waals surface area contributed by atoms with Crippen molar-refractivity contribution in [2.75, 3.05) is 16.4 Å². The Morgan fingerprint density at radius 2 is 1.89 bits per heavy atom. The summed E-state index contributed by atoms with van der Waals surface area (Å²) in [5.74, 6) is -2.42. The number of benzene rings is 1. The van der Waals surface area contributed by atoms with Crippen molar-refractivity contribution in [3.63, 3.8) is 0 Å². The number of fused-ring (bicyclic) bond motifs is 1. The van der Waals surface area contributed by atoms with E-state index < -0.39 is 18.0 Å². The average molecular weight is 421 g/mol. The van der Waals surface area contributed by atoms with Crippen molar-refractivity contribution >= 4 is 50.7 Å². The molecular weight excluding hydrogens is 407 g/mol. The van der Waals surface area contributed by atoms with Gasteiger partial charge in [-0.05, 0) is 29.7 Å². The third-order valence-corrected chi connectivity index (χ3v) is 6.29. The van der Waals surface area contributed by atoms with Gasteiger partial charge in [0.1, 0.15) is 10.8 Å². The summed E-state index contributed by atoms with van der Waals surface area (Å²) in [6, 6.07) is 12.2. The first kappa shape index (κ1) is 18.6. The number of carbonyl (C=O) groups excluding carboxylic acids is 1. The lowest BCUT2D eigenvalue weighted by molar-refractivity contribution is -0.139. The lowest BCUT2D eigenvalue weighted by Gasteiger charge is -2.25. The Kier molecular flexibility index (Phi) is 4.64. The van der Waals surface area contributed by atoms with E-state index in [2.05, 4.69) is 10.6 Å². The number of thiophene rings is 2. The van der Waals surface area contributed by atoms with Gasteiger partial charge >= 0.3 is 6.18 Å². The van der Waals surface area contributed by atoms with Gasteiger partial charge in [0.2, 0.25) is 0 Å². The molecule has 3 heterocycles. The predicted octanol–water partition coefficient (Wildman–Crippen LogP) is 5.76. The van der Waals surface area contributed by atoms with Crippen LogP contribution in [0.2, 0.25) is 0 Å². The second-order valence-corrected chi connectivity index (χ2v) is 8.08. The zero-order valence-electron chi connectivity index (χ0n) is 14.2. The van der Waals surface area contributed by atoms with Crippen LogP contribution < -0.4 is 16.4 Å². The van der Waals surface area contributed by atoms with Crippen molar-refractivity contribution in [1.82, 2.24) is 0 Å². The van der Waals surface area contributed by atoms with E-state index in [1.807, 2.05) is 0 Å². The molecule has 2 aromatic heterocycles. The lowest BCUT2D eigenvalue weighted by atomic mass is 9.94. The fourth-order valence-electron chi connectivity index (χ4n) is 2.98. The highest BCUT2D eigenvalue weighted by Gasteiger charge is 2.45. The van der Waals surface area contributed by atoms with Crippen LogP contribution in [0.4, 0.5) is 29.5 Å². The van der Waals surface area contributed by atoms with Crippen LogP contribution in [0.25, 0.3) is 5.70 Å². The van der Waals surface area contributed by atoms with Crippen LogP contribution in [-0.4, -0.2) is 12.1 Å². The molecule has 0 aliphatic carbocycles. The zero-order valence-corrected chi connectivity index (χ0v) is 15.8. The summed E-state index contributed by atoms with van der Waals surface area (Å²) in [5, 5.41) is 7.71. The maximum Gasteiger partial charge on any atom is 0.399 e. The number of amides is 1. The highest BCUT2D eigenvalue weighted by atomic mass is 32.1. The minimum atomic E-state index is -4.53. The Labute approximate surface area is 166 Å². The molecule has 1 unspecified atom stereocenters. The van der Waals surface area contributed by atoms with E-state index in [9.17, 15) is 18.0 Å². The number of rotatable bonds is 3. The fraction of sp³-hybridized carbons (Fsp3) is 0.105. The van der Waals surface area contributed by atoms with Gasteiger partial charge in [-0.15, -0.1) is 22.7 Å². The quantitative estimate of drug-likeness (QED) is 0.504. The van der Waals surface area contributed by atoms with Gasteiger partial charge in [-0.3, -0.25) is 4.79 Å². The molecule has 0 radical (unpaired) electrons. The van der Waals surface area contributed by atoms with E-state index >= 15 is 0 Å². The second-order valence-electron chi connectivity index (χ2n) is 6.11. The highest BCUT2D eigenvalue weighted by molar-refractivity contribution is 7.19. The number of hydrogen-bond donors (Lipinski definition) is 3. The summed E-state index contributed by atoms with van der Waals surface area (Å²) in [6.07, 6.45) is -3.40. The third-order valence-electron chi connectivity index (χ3n) is 4.25. The van der Waals surface area contributed by atoms with E-state index in [1.165, 1.54) is 11.3 Å². The first-order chi connectivity index (χ1) is 13.3. The van der Waals surface area contributed by atoms with Gasteiger partial charge in [0.05, 0.1) is 21.3 Å². The fourth-order valence-corrected chi connectivity index (χ4v) is 4.77. The van der Waals surface area contributed by atoms with Gasteiger partial charge in [0.25, 0.3) is 5.91 Å². The molecule has 1 aliphatic rings. The minimum absolute atomic E-state index is 0.0523. The van der Waals surface area contributed by atoms with Gasteiger partial charge in [0.15, 0.2) is 0 Å². The average Bonchev–Trinajstić information content (AvgIpc) is 3.29. The van der Waals surface area contributed by atoms with Crippen molar-refractivity contribution in [3.8, 4) is 0 Å². The van der Waals surface area contributed by atoms with Crippen molar-refractivity contribution in [1.29, 1.82) is 0 Å². The molecule has 28 heavy (non-hydrogen) atoms. The zero-order chi connectivity index (χ0) is 19.9. The number of nitrogens with two attached hydrogens (primary N) is 1. The molecule has 1 aliphatic heterocycles. The maximum absolute atomic E-state index is 13.8. The summed E-state index contributed by atoms with van der Waals surface area (Å²) >= 11 is 2.26. The van der Waals surface area contributed by atoms with Crippen LogP contribution in [0.5, 0.6) is 0 Å². The maximum atomic E-state index is 13.8. The standard InChI is InChI=1S/C19H14F3N3OS2/c20-19(21,22)11-9-12(13-7-4-8-27-13)25-18-14(11)15(23)16(28-18)17(26)24-10-5-2-1-3-6-10/h1-9,11,25H,23H2,(H,24,26). The summed E-state index contributed by atoms with van der Waals surface area (Å²) in [5.41, 5.74) is 6.66. The van der Waals surface area contributed by atoms with Gasteiger partial charge in [0, 0.05) is 11.3 Å². The molecule has 0 saturated carbocycles. The summed E-state index contributed by atoms with van der Waals surface area (Å²) in [6.45, 7) is 0. The van der Waals surface area contributed by atoms with Gasteiger partial charge in [-0.1, -0.05) is 24.3 Å². The number of halogens is 3. The number of hydrogen-bond acceptors (Lipinski definition) is 5. The van der Waals surface area contributed by atoms with Gasteiger partial charge in [-0.2, -0.15) is 13.2 Å². The molecule has 4 N–H and O–H groups in total. The number of nitrogens with one attached hydrogen (secondary N) is 2. The van der Waals surface area contributed by atoms with Crippen molar-refractivity contribution < 1.29 is 18.0 Å². The first-order valence-electron chi connectivity index (χ1n) is 8.22. The first-order valence-corrected chi connectivity index (χ1v) is 9.92. The Bertz CT molecular complexity index is 1040. The van der Waals surface area contributed by atoms with Gasteiger partial charge < -0.3 is 16.4 Å². The molecule has 3 aromatic rings. The Hall–Kier alpha value is -2.78. The number of allylic oxidation sites excluding steroid dienone is 1. The number of alkyl halides is 3. The highest BCUT2D eigenvalue weighted by Crippen LogP contribution is 2.51. The molecule has 1 atom stereocenters. The molecule has 0 bridgehead atoms. The molecule has 1 aromatic carbocycles. The van der Waals surface area contributed by atoms with Gasteiger partial charge in [-0.25, -0.2) is 0 Å². The minimum Gasteiger partial charge on any atom is -0.397 e. The molecule has 4 nitrogen and oxygen atoms in total. The van der Waals surface area contributed by atoms with E-state index in [1.54, 1.807) is 47.8 Å².